The summed E-state index contributed by atoms with van der Waals surface area (Å²) >= 11 is 0. The van der Waals surface area contributed by atoms with Crippen molar-refractivity contribution in [1.82, 2.24) is 19.9 Å². The maximum Gasteiger partial charge on any atom is 0.248 e. The largest absolute Gasteiger partial charge is 0.481 e. The van der Waals surface area contributed by atoms with Crippen LogP contribution in [0.25, 0.3) is 33.3 Å². The first kappa shape index (κ1) is 22.5. The number of anilines is 2. The Balaban J connectivity index is 1.59. The second kappa shape index (κ2) is 9.55. The zero-order valence-corrected chi connectivity index (χ0v) is 19.4. The lowest BCUT2D eigenvalue weighted by atomic mass is 10.0. The minimum absolute atomic E-state index is 0.340. The normalized spacial score (nSPS) is 15.7. The number of nitrogens with one attached hydrogen (secondary N) is 2. The predicted octanol–water partition coefficient (Wildman–Crippen LogP) is 3.78. The van der Waals surface area contributed by atoms with Crippen LogP contribution in [0, 0.1) is 0 Å². The Kier molecular flexibility index (Phi) is 6.15. The van der Waals surface area contributed by atoms with E-state index in [4.69, 9.17) is 4.74 Å². The van der Waals surface area contributed by atoms with Crippen molar-refractivity contribution >= 4 is 28.6 Å². The second-order valence-corrected chi connectivity index (χ2v) is 8.44. The predicted molar refractivity (Wildman–Crippen MR) is 135 cm³/mol. The van der Waals surface area contributed by atoms with Gasteiger partial charge in [0, 0.05) is 54.3 Å². The fourth-order valence-corrected chi connectivity index (χ4v) is 4.34. The number of rotatable bonds is 6. The molecule has 0 aromatic carbocycles. The highest BCUT2D eigenvalue weighted by atomic mass is 16.5. The number of aromatic nitrogens is 4. The molecule has 1 aliphatic heterocycles. The molecule has 1 saturated heterocycles. The van der Waals surface area contributed by atoms with E-state index in [9.17, 15) is 9.90 Å². The highest BCUT2D eigenvalue weighted by Gasteiger charge is 2.21. The molecule has 1 unspecified atom stereocenters. The lowest BCUT2D eigenvalue weighted by Crippen LogP contribution is -2.38. The molecule has 1 fully saturated rings. The molecule has 1 aliphatic rings. The molecule has 5 rings (SSSR count). The van der Waals surface area contributed by atoms with Gasteiger partial charge < -0.3 is 25.0 Å². The maximum atomic E-state index is 12.0. The number of hydrogen-bond acceptors (Lipinski definition) is 7. The number of piperidine rings is 1. The van der Waals surface area contributed by atoms with Crippen molar-refractivity contribution in [2.75, 3.05) is 30.4 Å². The highest BCUT2D eigenvalue weighted by Crippen LogP contribution is 2.34. The second-order valence-electron chi connectivity index (χ2n) is 8.44. The van der Waals surface area contributed by atoms with Gasteiger partial charge in [-0.3, -0.25) is 4.79 Å². The van der Waals surface area contributed by atoms with E-state index < -0.39 is 6.10 Å². The van der Waals surface area contributed by atoms with Crippen molar-refractivity contribution in [3.8, 4) is 28.1 Å². The van der Waals surface area contributed by atoms with Gasteiger partial charge in [-0.25, -0.2) is 15.0 Å². The smallest absolute Gasteiger partial charge is 0.248 e. The average molecular weight is 471 g/mol. The van der Waals surface area contributed by atoms with E-state index >= 15 is 0 Å². The van der Waals surface area contributed by atoms with Crippen molar-refractivity contribution in [3.63, 3.8) is 0 Å². The van der Waals surface area contributed by atoms with E-state index in [2.05, 4.69) is 37.9 Å². The number of carbonyl (C=O) groups excluding carboxylic acids is 1. The monoisotopic (exact) mass is 470 g/mol. The standard InChI is InChI=1S/C26H26N6O3/c1-3-24(34)31-22-10-17(11-23(30-22)32-8-4-5-19(33)15-32)18-9-20-21(14-29-26(20)28-13-18)16-6-7-27-25(12-16)35-2/h3,6-7,9-14,19,33H,1,4-5,8,15H2,2H3,(H,28,29)(H,30,31,34). The fraction of sp³-hybridized carbons (Fsp3) is 0.231. The number of β-amino-alcohol motifs (C(OH)–C–C–N with tert-alkyl or cyclic N) is 1. The summed E-state index contributed by atoms with van der Waals surface area (Å²) in [5, 5.41) is 13.9. The molecule has 0 spiro atoms. The number of fused-ring (bicyclic) bond motifs is 1. The Bertz CT molecular complexity index is 1400. The molecular formula is C26H26N6O3. The molecule has 35 heavy (non-hydrogen) atoms. The molecule has 0 bridgehead atoms. The summed E-state index contributed by atoms with van der Waals surface area (Å²) in [6.45, 7) is 4.81. The molecule has 1 atom stereocenters. The number of ether oxygens (including phenoxy) is 1. The summed E-state index contributed by atoms with van der Waals surface area (Å²) in [7, 11) is 1.59. The number of hydrogen-bond donors (Lipinski definition) is 3. The van der Waals surface area contributed by atoms with Crippen LogP contribution in [0.4, 0.5) is 11.6 Å². The first-order chi connectivity index (χ1) is 17.0. The molecule has 1 amide bonds. The lowest BCUT2D eigenvalue weighted by molar-refractivity contribution is -0.111. The third kappa shape index (κ3) is 4.71. The molecule has 3 N–H and O–H groups in total. The highest BCUT2D eigenvalue weighted by molar-refractivity contribution is 5.99. The number of aliphatic hydroxyl groups is 1. The van der Waals surface area contributed by atoms with Crippen LogP contribution in [0.1, 0.15) is 12.8 Å². The van der Waals surface area contributed by atoms with Gasteiger partial charge in [-0.05, 0) is 54.3 Å². The zero-order valence-electron chi connectivity index (χ0n) is 19.4. The molecule has 178 valence electrons. The van der Waals surface area contributed by atoms with E-state index in [0.717, 1.165) is 52.7 Å². The summed E-state index contributed by atoms with van der Waals surface area (Å²) in [5.74, 6) is 1.29. The van der Waals surface area contributed by atoms with Crippen molar-refractivity contribution in [1.29, 1.82) is 0 Å². The van der Waals surface area contributed by atoms with Gasteiger partial charge in [0.1, 0.15) is 17.3 Å². The quantitative estimate of drug-likeness (QED) is 0.367. The molecule has 4 aromatic rings. The summed E-state index contributed by atoms with van der Waals surface area (Å²) in [5.41, 5.74) is 4.41. The van der Waals surface area contributed by atoms with E-state index in [0.29, 0.717) is 24.1 Å². The summed E-state index contributed by atoms with van der Waals surface area (Å²) in [6.07, 6.45) is 7.86. The van der Waals surface area contributed by atoms with Gasteiger partial charge in [-0.2, -0.15) is 0 Å². The van der Waals surface area contributed by atoms with Crippen molar-refractivity contribution in [2.45, 2.75) is 18.9 Å². The van der Waals surface area contributed by atoms with E-state index in [1.807, 2.05) is 35.4 Å². The van der Waals surface area contributed by atoms with Crippen molar-refractivity contribution < 1.29 is 14.6 Å². The average Bonchev–Trinajstić information content (AvgIpc) is 3.32. The van der Waals surface area contributed by atoms with Crippen LogP contribution in [-0.4, -0.2) is 57.3 Å². The van der Waals surface area contributed by atoms with Gasteiger partial charge in [0.25, 0.3) is 0 Å². The van der Waals surface area contributed by atoms with Gasteiger partial charge in [0.15, 0.2) is 0 Å². The van der Waals surface area contributed by atoms with Gasteiger partial charge in [-0.1, -0.05) is 6.58 Å². The van der Waals surface area contributed by atoms with E-state index in [1.54, 1.807) is 19.5 Å². The van der Waals surface area contributed by atoms with Crippen molar-refractivity contribution in [3.05, 3.63) is 61.6 Å². The van der Waals surface area contributed by atoms with Crippen molar-refractivity contribution in [2.24, 2.45) is 0 Å². The maximum absolute atomic E-state index is 12.0. The molecule has 4 aromatic heterocycles. The molecule has 0 aliphatic carbocycles. The Morgan fingerprint density at radius 3 is 2.94 bits per heavy atom. The number of nitrogens with zero attached hydrogens (tertiary/aromatic N) is 4. The van der Waals surface area contributed by atoms with Gasteiger partial charge in [0.2, 0.25) is 11.8 Å². The SMILES string of the molecule is C=CC(=O)Nc1cc(-c2cnc3[nH]cc(-c4ccnc(OC)c4)c3c2)cc(N2CCCC(O)C2)n1. The van der Waals surface area contributed by atoms with Crippen LogP contribution in [-0.2, 0) is 4.79 Å². The molecule has 0 saturated carbocycles. The molecule has 0 radical (unpaired) electrons. The number of methoxy groups -OCH3 is 1. The molecule has 9 heteroatoms. The fourth-order valence-electron chi connectivity index (χ4n) is 4.34. The molecule has 9 nitrogen and oxygen atoms in total. The Hall–Kier alpha value is -4.24. The number of carbonyl (C=O) groups is 1. The zero-order chi connectivity index (χ0) is 24.4. The van der Waals surface area contributed by atoms with Crippen LogP contribution in [0.3, 0.4) is 0 Å². The summed E-state index contributed by atoms with van der Waals surface area (Å²) in [4.78, 5) is 30.7. The number of H-pyrrole nitrogens is 1. The number of aliphatic hydroxyl groups excluding tert-OH is 1. The molecule has 5 heterocycles. The Labute approximate surface area is 202 Å². The summed E-state index contributed by atoms with van der Waals surface area (Å²) < 4.78 is 5.28. The minimum Gasteiger partial charge on any atom is -0.481 e. The van der Waals surface area contributed by atoms with E-state index in [1.165, 1.54) is 6.08 Å². The summed E-state index contributed by atoms with van der Waals surface area (Å²) in [6, 6.07) is 9.64. The topological polar surface area (TPSA) is 116 Å². The minimum atomic E-state index is -0.404. The number of pyridine rings is 3. The third-order valence-electron chi connectivity index (χ3n) is 6.09. The van der Waals surface area contributed by atoms with Gasteiger partial charge in [-0.15, -0.1) is 0 Å². The Morgan fingerprint density at radius 2 is 2.14 bits per heavy atom. The first-order valence-electron chi connectivity index (χ1n) is 11.4. The van der Waals surface area contributed by atoms with Gasteiger partial charge >= 0.3 is 0 Å². The van der Waals surface area contributed by atoms with Crippen LogP contribution in [0.2, 0.25) is 0 Å². The lowest BCUT2D eigenvalue weighted by Gasteiger charge is -2.31. The molecular weight excluding hydrogens is 444 g/mol. The van der Waals surface area contributed by atoms with E-state index in [-0.39, 0.29) is 5.91 Å². The first-order valence-corrected chi connectivity index (χ1v) is 11.4. The number of aromatic amines is 1. The Morgan fingerprint density at radius 1 is 1.26 bits per heavy atom. The van der Waals surface area contributed by atoms with Gasteiger partial charge in [0.05, 0.1) is 13.2 Å². The third-order valence-corrected chi connectivity index (χ3v) is 6.09. The van der Waals surface area contributed by atoms with Crippen LogP contribution >= 0.6 is 0 Å². The van der Waals surface area contributed by atoms with Crippen LogP contribution < -0.4 is 15.0 Å². The van der Waals surface area contributed by atoms with Crippen LogP contribution in [0.5, 0.6) is 5.88 Å². The van der Waals surface area contributed by atoms with Crippen LogP contribution in [0.15, 0.2) is 61.6 Å². The number of amides is 1.